The molecule has 0 bridgehead atoms. The number of aliphatic hydroxyl groups is 1. The van der Waals surface area contributed by atoms with Gasteiger partial charge in [0.2, 0.25) is 5.13 Å². The quantitative estimate of drug-likeness (QED) is 0.398. The molecule has 0 atom stereocenters. The van der Waals surface area contributed by atoms with Crippen molar-refractivity contribution in [2.75, 3.05) is 18.6 Å². The lowest BCUT2D eigenvalue weighted by molar-refractivity contribution is -0.142. The predicted octanol–water partition coefficient (Wildman–Crippen LogP) is 3.89. The van der Waals surface area contributed by atoms with Gasteiger partial charge < -0.3 is 9.84 Å². The number of carbonyl (C=O) groups is 1. The lowest BCUT2D eigenvalue weighted by Crippen LogP contribution is -2.33. The lowest BCUT2D eigenvalue weighted by Gasteiger charge is -2.36. The summed E-state index contributed by atoms with van der Waals surface area (Å²) in [5.74, 6) is -0.278. The van der Waals surface area contributed by atoms with Crippen LogP contribution in [-0.2, 0) is 21.4 Å². The Labute approximate surface area is 169 Å². The van der Waals surface area contributed by atoms with Crippen molar-refractivity contribution in [2.45, 2.75) is 50.9 Å². The van der Waals surface area contributed by atoms with E-state index < -0.39 is 0 Å². The van der Waals surface area contributed by atoms with Crippen molar-refractivity contribution in [3.63, 3.8) is 0 Å². The van der Waals surface area contributed by atoms with Gasteiger partial charge in [0.15, 0.2) is 0 Å². The Hall–Kier alpha value is -2.25. The predicted molar refractivity (Wildman–Crippen MR) is 112 cm³/mol. The summed E-state index contributed by atoms with van der Waals surface area (Å²) in [6.07, 6.45) is 7.57. The molecule has 0 radical (unpaired) electrons. The summed E-state index contributed by atoms with van der Waals surface area (Å²) < 4.78 is 4.93. The number of hydrogen-bond acceptors (Lipinski definition) is 7. The van der Waals surface area contributed by atoms with Gasteiger partial charge in [0.05, 0.1) is 31.5 Å². The fourth-order valence-electron chi connectivity index (χ4n) is 3.68. The topological polar surface area (TPSA) is 83.8 Å². The monoisotopic (exact) mass is 401 g/mol. The van der Waals surface area contributed by atoms with E-state index in [1.807, 2.05) is 17.5 Å². The summed E-state index contributed by atoms with van der Waals surface area (Å²) in [7, 11) is 0. The molecular formula is C21H27N3O3S. The molecule has 0 saturated heterocycles. The fraction of sp³-hybridized carbons (Fsp3) is 0.476. The summed E-state index contributed by atoms with van der Waals surface area (Å²) in [4.78, 5) is 15.8. The number of ether oxygens (including phenoxy) is 1. The highest BCUT2D eigenvalue weighted by atomic mass is 32.1. The molecule has 150 valence electrons. The first-order chi connectivity index (χ1) is 13.6. The van der Waals surface area contributed by atoms with Crippen molar-refractivity contribution in [2.24, 2.45) is 5.10 Å². The minimum absolute atomic E-state index is 0.118. The van der Waals surface area contributed by atoms with Crippen molar-refractivity contribution in [1.29, 1.82) is 0 Å². The summed E-state index contributed by atoms with van der Waals surface area (Å²) >= 11 is 1.40. The molecule has 1 aromatic carbocycles. The SMILES string of the molecule is CCOC(=O)Cc1csc(NN=Cc2cccc(C3(CO)CCCCC3)c2)n1. The molecule has 2 N–H and O–H groups in total. The summed E-state index contributed by atoms with van der Waals surface area (Å²) in [5, 5.41) is 16.7. The zero-order chi connectivity index (χ0) is 19.8. The van der Waals surface area contributed by atoms with Crippen molar-refractivity contribution >= 4 is 28.7 Å². The molecule has 0 amide bonds. The van der Waals surface area contributed by atoms with Gasteiger partial charge in [-0.1, -0.05) is 37.5 Å². The molecule has 28 heavy (non-hydrogen) atoms. The molecule has 1 aliphatic carbocycles. The first-order valence-corrected chi connectivity index (χ1v) is 10.6. The molecule has 6 nitrogen and oxygen atoms in total. The van der Waals surface area contributed by atoms with Gasteiger partial charge in [0.1, 0.15) is 0 Å². The van der Waals surface area contributed by atoms with Crippen LogP contribution in [0.5, 0.6) is 0 Å². The van der Waals surface area contributed by atoms with E-state index in [-0.39, 0.29) is 24.4 Å². The van der Waals surface area contributed by atoms with Gasteiger partial charge in [-0.15, -0.1) is 11.3 Å². The van der Waals surface area contributed by atoms with Gasteiger partial charge in [-0.3, -0.25) is 10.2 Å². The summed E-state index contributed by atoms with van der Waals surface area (Å²) in [6.45, 7) is 2.34. The summed E-state index contributed by atoms with van der Waals surface area (Å²) in [5.41, 5.74) is 5.63. The van der Waals surface area contributed by atoms with Crippen LogP contribution in [0.25, 0.3) is 0 Å². The van der Waals surface area contributed by atoms with E-state index in [0.717, 1.165) is 18.4 Å². The van der Waals surface area contributed by atoms with E-state index in [9.17, 15) is 9.90 Å². The first kappa shape index (κ1) is 20.5. The number of nitrogens with zero attached hydrogens (tertiary/aromatic N) is 2. The summed E-state index contributed by atoms with van der Waals surface area (Å²) in [6, 6.07) is 8.23. The number of hydrogen-bond donors (Lipinski definition) is 2. The third kappa shape index (κ3) is 5.17. The van der Waals surface area contributed by atoms with E-state index in [1.54, 1.807) is 13.1 Å². The fourth-order valence-corrected chi connectivity index (χ4v) is 4.34. The van der Waals surface area contributed by atoms with Crippen LogP contribution >= 0.6 is 11.3 Å². The Kier molecular flexibility index (Phi) is 7.17. The number of esters is 1. The van der Waals surface area contributed by atoms with Gasteiger partial charge in [-0.2, -0.15) is 5.10 Å². The smallest absolute Gasteiger partial charge is 0.311 e. The minimum Gasteiger partial charge on any atom is -0.466 e. The number of aliphatic hydroxyl groups excluding tert-OH is 1. The number of hydrazone groups is 1. The molecule has 0 aliphatic heterocycles. The second-order valence-corrected chi connectivity index (χ2v) is 7.98. The van der Waals surface area contributed by atoms with E-state index in [1.165, 1.54) is 36.2 Å². The highest BCUT2D eigenvalue weighted by molar-refractivity contribution is 7.13. The minimum atomic E-state index is -0.278. The number of nitrogens with one attached hydrogen (secondary N) is 1. The van der Waals surface area contributed by atoms with Crippen molar-refractivity contribution in [3.05, 3.63) is 46.5 Å². The van der Waals surface area contributed by atoms with Crippen LogP contribution in [0.3, 0.4) is 0 Å². The molecular weight excluding hydrogens is 374 g/mol. The molecule has 0 unspecified atom stereocenters. The van der Waals surface area contributed by atoms with E-state index >= 15 is 0 Å². The lowest BCUT2D eigenvalue weighted by atomic mass is 9.70. The average Bonchev–Trinajstić information content (AvgIpc) is 3.16. The number of benzene rings is 1. The van der Waals surface area contributed by atoms with Crippen LogP contribution in [-0.4, -0.2) is 35.5 Å². The zero-order valence-corrected chi connectivity index (χ0v) is 17.0. The van der Waals surface area contributed by atoms with E-state index in [2.05, 4.69) is 27.6 Å². The molecule has 1 aromatic heterocycles. The maximum Gasteiger partial charge on any atom is 0.311 e. The Morgan fingerprint density at radius 3 is 2.96 bits per heavy atom. The van der Waals surface area contributed by atoms with Gasteiger partial charge in [-0.05, 0) is 37.0 Å². The Morgan fingerprint density at radius 1 is 1.39 bits per heavy atom. The first-order valence-electron chi connectivity index (χ1n) is 9.76. The van der Waals surface area contributed by atoms with Gasteiger partial charge in [0.25, 0.3) is 0 Å². The van der Waals surface area contributed by atoms with Crippen LogP contribution in [0.15, 0.2) is 34.7 Å². The third-order valence-electron chi connectivity index (χ3n) is 5.17. The van der Waals surface area contributed by atoms with E-state index in [0.29, 0.717) is 17.4 Å². The molecule has 1 aliphatic rings. The van der Waals surface area contributed by atoms with E-state index in [4.69, 9.17) is 4.74 Å². The molecule has 2 aromatic rings. The van der Waals surface area contributed by atoms with Crippen molar-refractivity contribution < 1.29 is 14.6 Å². The third-order valence-corrected chi connectivity index (χ3v) is 5.96. The highest BCUT2D eigenvalue weighted by Crippen LogP contribution is 2.39. The highest BCUT2D eigenvalue weighted by Gasteiger charge is 2.33. The van der Waals surface area contributed by atoms with Crippen molar-refractivity contribution in [3.8, 4) is 0 Å². The maximum absolute atomic E-state index is 11.5. The number of carbonyl (C=O) groups excluding carboxylic acids is 1. The number of thiazole rings is 1. The van der Waals surface area contributed by atoms with Gasteiger partial charge >= 0.3 is 5.97 Å². The molecule has 1 saturated carbocycles. The van der Waals surface area contributed by atoms with Gasteiger partial charge in [-0.25, -0.2) is 4.98 Å². The second kappa shape index (κ2) is 9.80. The number of anilines is 1. The second-order valence-electron chi connectivity index (χ2n) is 7.12. The molecule has 7 heteroatoms. The Balaban J connectivity index is 1.62. The average molecular weight is 402 g/mol. The molecule has 1 fully saturated rings. The molecule has 0 spiro atoms. The maximum atomic E-state index is 11.5. The normalized spacial score (nSPS) is 16.2. The van der Waals surface area contributed by atoms with Crippen LogP contribution in [0.2, 0.25) is 0 Å². The van der Waals surface area contributed by atoms with Gasteiger partial charge in [0, 0.05) is 10.8 Å². The number of aromatic nitrogens is 1. The van der Waals surface area contributed by atoms with Crippen molar-refractivity contribution in [1.82, 2.24) is 4.98 Å². The standard InChI is InChI=1S/C21H27N3O3S/c1-2-27-19(26)12-18-14-28-20(23-18)24-22-13-16-7-6-8-17(11-16)21(15-25)9-4-3-5-10-21/h6-8,11,13-14,25H,2-5,9-10,12,15H2,1H3,(H,23,24). The van der Waals surface area contributed by atoms with Crippen LogP contribution in [0.1, 0.15) is 55.8 Å². The van der Waals surface area contributed by atoms with Crippen LogP contribution in [0, 0.1) is 0 Å². The van der Waals surface area contributed by atoms with Crippen LogP contribution < -0.4 is 5.43 Å². The zero-order valence-electron chi connectivity index (χ0n) is 16.2. The molecule has 3 rings (SSSR count). The molecule has 1 heterocycles. The largest absolute Gasteiger partial charge is 0.466 e. The Bertz CT molecular complexity index is 813. The Morgan fingerprint density at radius 2 is 2.21 bits per heavy atom. The number of rotatable bonds is 8. The van der Waals surface area contributed by atoms with Crippen LogP contribution in [0.4, 0.5) is 5.13 Å².